The van der Waals surface area contributed by atoms with Crippen molar-refractivity contribution in [3.63, 3.8) is 0 Å². The number of carbonyl (C=O) groups excluding carboxylic acids is 1. The number of anilines is 1. The lowest BCUT2D eigenvalue weighted by atomic mass is 10.2. The van der Waals surface area contributed by atoms with Crippen molar-refractivity contribution >= 4 is 11.7 Å². The highest BCUT2D eigenvalue weighted by molar-refractivity contribution is 5.94. The van der Waals surface area contributed by atoms with Crippen LogP contribution in [0.3, 0.4) is 0 Å². The van der Waals surface area contributed by atoms with Crippen LogP contribution in [0.5, 0.6) is 0 Å². The molecule has 5 heteroatoms. The molecule has 15 heavy (non-hydrogen) atoms. The molecule has 0 aliphatic heterocycles. The largest absolute Gasteiger partial charge is 0.310 e. The standard InChI is InChI=1S/C10H12N4O/c1-6-8(5-11)9(14(2)13-6)12-10(15)7-3-4-7/h7H,3-4H2,1-2H3,(H,12,15). The van der Waals surface area contributed by atoms with Crippen molar-refractivity contribution in [2.45, 2.75) is 19.8 Å². The maximum Gasteiger partial charge on any atom is 0.228 e. The molecular formula is C10H12N4O. The predicted molar refractivity (Wildman–Crippen MR) is 54.0 cm³/mol. The van der Waals surface area contributed by atoms with Crippen molar-refractivity contribution in [3.8, 4) is 6.07 Å². The average molecular weight is 204 g/mol. The van der Waals surface area contributed by atoms with Gasteiger partial charge >= 0.3 is 0 Å². The molecule has 1 aromatic rings. The summed E-state index contributed by atoms with van der Waals surface area (Å²) in [5, 5.41) is 15.8. The van der Waals surface area contributed by atoms with Crippen LogP contribution < -0.4 is 5.32 Å². The van der Waals surface area contributed by atoms with Gasteiger partial charge in [0, 0.05) is 13.0 Å². The average Bonchev–Trinajstić information content (AvgIpc) is 2.96. The lowest BCUT2D eigenvalue weighted by molar-refractivity contribution is -0.117. The van der Waals surface area contributed by atoms with E-state index in [4.69, 9.17) is 5.26 Å². The highest BCUT2D eigenvalue weighted by Crippen LogP contribution is 2.30. The second kappa shape index (κ2) is 3.39. The molecule has 5 nitrogen and oxygen atoms in total. The van der Waals surface area contributed by atoms with E-state index in [0.29, 0.717) is 17.1 Å². The van der Waals surface area contributed by atoms with Crippen LogP contribution >= 0.6 is 0 Å². The Balaban J connectivity index is 2.26. The Morgan fingerprint density at radius 3 is 2.87 bits per heavy atom. The topological polar surface area (TPSA) is 70.7 Å². The SMILES string of the molecule is Cc1nn(C)c(NC(=O)C2CC2)c1C#N. The predicted octanol–water partition coefficient (Wildman–Crippen LogP) is 0.949. The number of rotatable bonds is 2. The van der Waals surface area contributed by atoms with Gasteiger partial charge in [-0.25, -0.2) is 0 Å². The minimum atomic E-state index is -0.00509. The van der Waals surface area contributed by atoms with Crippen molar-refractivity contribution < 1.29 is 4.79 Å². The van der Waals surface area contributed by atoms with E-state index in [9.17, 15) is 4.79 Å². The molecule has 1 aromatic heterocycles. The summed E-state index contributed by atoms with van der Waals surface area (Å²) in [6, 6.07) is 2.05. The number of hydrogen-bond acceptors (Lipinski definition) is 3. The van der Waals surface area contributed by atoms with Gasteiger partial charge in [-0.15, -0.1) is 0 Å². The number of aryl methyl sites for hydroxylation is 2. The zero-order valence-corrected chi connectivity index (χ0v) is 8.74. The summed E-state index contributed by atoms with van der Waals surface area (Å²) < 4.78 is 1.54. The summed E-state index contributed by atoms with van der Waals surface area (Å²) >= 11 is 0. The monoisotopic (exact) mass is 204 g/mol. The van der Waals surface area contributed by atoms with Gasteiger partial charge in [0.05, 0.1) is 5.69 Å². The number of aromatic nitrogens is 2. The normalized spacial score (nSPS) is 14.7. The third-order valence-corrected chi connectivity index (χ3v) is 2.52. The number of hydrogen-bond donors (Lipinski definition) is 1. The van der Waals surface area contributed by atoms with Crippen LogP contribution in [0.15, 0.2) is 0 Å². The smallest absolute Gasteiger partial charge is 0.228 e. The Hall–Kier alpha value is -1.83. The van der Waals surface area contributed by atoms with Crippen LogP contribution in [-0.2, 0) is 11.8 Å². The Labute approximate surface area is 87.7 Å². The van der Waals surface area contributed by atoms with Crippen molar-refractivity contribution in [1.82, 2.24) is 9.78 Å². The molecule has 0 bridgehead atoms. The first kappa shape index (κ1) is 9.71. The van der Waals surface area contributed by atoms with Crippen LogP contribution in [-0.4, -0.2) is 15.7 Å². The molecule has 1 fully saturated rings. The van der Waals surface area contributed by atoms with Gasteiger partial charge in [-0.1, -0.05) is 0 Å². The first-order valence-electron chi connectivity index (χ1n) is 4.88. The summed E-state index contributed by atoms with van der Waals surface area (Å²) in [5.74, 6) is 0.633. The second-order valence-electron chi connectivity index (χ2n) is 3.81. The fraction of sp³-hybridized carbons (Fsp3) is 0.500. The quantitative estimate of drug-likeness (QED) is 0.779. The van der Waals surface area contributed by atoms with E-state index in [-0.39, 0.29) is 11.8 Å². The molecule has 1 N–H and O–H groups in total. The van der Waals surface area contributed by atoms with Crippen molar-refractivity contribution in [1.29, 1.82) is 5.26 Å². The van der Waals surface area contributed by atoms with Gasteiger partial charge in [0.25, 0.3) is 0 Å². The van der Waals surface area contributed by atoms with Crippen molar-refractivity contribution in [3.05, 3.63) is 11.3 Å². The molecule has 78 valence electrons. The molecular weight excluding hydrogens is 192 g/mol. The fourth-order valence-electron chi connectivity index (χ4n) is 1.50. The first-order chi connectivity index (χ1) is 7.13. The molecule has 0 radical (unpaired) electrons. The number of carbonyl (C=O) groups is 1. The van der Waals surface area contributed by atoms with Crippen LogP contribution in [0.2, 0.25) is 0 Å². The molecule has 1 saturated carbocycles. The Bertz CT molecular complexity index is 451. The molecule has 1 amide bonds. The van der Waals surface area contributed by atoms with E-state index in [1.54, 1.807) is 14.0 Å². The van der Waals surface area contributed by atoms with Crippen molar-refractivity contribution in [2.75, 3.05) is 5.32 Å². The van der Waals surface area contributed by atoms with Crippen LogP contribution in [0.1, 0.15) is 24.1 Å². The lowest BCUT2D eigenvalue weighted by Gasteiger charge is -2.04. The molecule has 0 atom stereocenters. The maximum absolute atomic E-state index is 11.5. The Kier molecular flexibility index (Phi) is 2.19. The zero-order chi connectivity index (χ0) is 11.0. The van der Waals surface area contributed by atoms with Gasteiger partial charge in [-0.3, -0.25) is 9.48 Å². The van der Waals surface area contributed by atoms with E-state index < -0.39 is 0 Å². The summed E-state index contributed by atoms with van der Waals surface area (Å²) in [4.78, 5) is 11.5. The van der Waals surface area contributed by atoms with Crippen LogP contribution in [0.4, 0.5) is 5.82 Å². The highest BCUT2D eigenvalue weighted by Gasteiger charge is 2.30. The minimum absolute atomic E-state index is 0.00509. The molecule has 1 aliphatic rings. The van der Waals surface area contributed by atoms with Crippen molar-refractivity contribution in [2.24, 2.45) is 13.0 Å². The number of nitrogens with zero attached hydrogens (tertiary/aromatic N) is 3. The van der Waals surface area contributed by atoms with E-state index in [0.717, 1.165) is 12.8 Å². The van der Waals surface area contributed by atoms with E-state index in [1.807, 2.05) is 0 Å². The van der Waals surface area contributed by atoms with E-state index in [2.05, 4.69) is 16.5 Å². The van der Waals surface area contributed by atoms with Gasteiger partial charge in [0.15, 0.2) is 0 Å². The maximum atomic E-state index is 11.5. The van der Waals surface area contributed by atoms with Gasteiger partial charge in [0.2, 0.25) is 5.91 Å². The molecule has 0 saturated heterocycles. The summed E-state index contributed by atoms with van der Waals surface area (Å²) in [5.41, 5.74) is 1.09. The Morgan fingerprint density at radius 1 is 1.67 bits per heavy atom. The molecule has 0 unspecified atom stereocenters. The molecule has 1 heterocycles. The van der Waals surface area contributed by atoms with Crippen LogP contribution in [0.25, 0.3) is 0 Å². The Morgan fingerprint density at radius 2 is 2.33 bits per heavy atom. The molecule has 1 aliphatic carbocycles. The molecule has 0 spiro atoms. The lowest BCUT2D eigenvalue weighted by Crippen LogP contribution is -2.16. The second-order valence-corrected chi connectivity index (χ2v) is 3.81. The third kappa shape index (κ3) is 1.71. The summed E-state index contributed by atoms with van der Waals surface area (Å²) in [6.07, 6.45) is 1.90. The molecule has 2 rings (SSSR count). The van der Waals surface area contributed by atoms with E-state index in [1.165, 1.54) is 4.68 Å². The molecule has 0 aromatic carbocycles. The van der Waals surface area contributed by atoms with Gasteiger partial charge < -0.3 is 5.32 Å². The zero-order valence-electron chi connectivity index (χ0n) is 8.74. The van der Waals surface area contributed by atoms with Gasteiger partial charge in [0.1, 0.15) is 17.5 Å². The van der Waals surface area contributed by atoms with Gasteiger partial charge in [-0.05, 0) is 19.8 Å². The highest BCUT2D eigenvalue weighted by atomic mass is 16.2. The van der Waals surface area contributed by atoms with Gasteiger partial charge in [-0.2, -0.15) is 10.4 Å². The number of nitriles is 1. The first-order valence-corrected chi connectivity index (χ1v) is 4.88. The minimum Gasteiger partial charge on any atom is -0.310 e. The summed E-state index contributed by atoms with van der Waals surface area (Å²) in [7, 11) is 1.72. The number of nitrogens with one attached hydrogen (secondary N) is 1. The van der Waals surface area contributed by atoms with E-state index >= 15 is 0 Å². The summed E-state index contributed by atoms with van der Waals surface area (Å²) in [6.45, 7) is 1.76. The number of amides is 1. The fourth-order valence-corrected chi connectivity index (χ4v) is 1.50. The third-order valence-electron chi connectivity index (χ3n) is 2.52. The van der Waals surface area contributed by atoms with Crippen LogP contribution in [0, 0.1) is 24.2 Å².